The van der Waals surface area contributed by atoms with E-state index in [0.717, 1.165) is 29.2 Å². The summed E-state index contributed by atoms with van der Waals surface area (Å²) >= 11 is 5.65. The first-order chi connectivity index (χ1) is 15.5. The molecule has 7 nitrogen and oxygen atoms in total. The Kier molecular flexibility index (Phi) is 6.50. The molecule has 0 aliphatic carbocycles. The van der Waals surface area contributed by atoms with E-state index >= 15 is 0 Å². The van der Waals surface area contributed by atoms with Crippen molar-refractivity contribution in [3.05, 3.63) is 83.2 Å². The molecule has 1 aliphatic heterocycles. The first-order valence-electron chi connectivity index (χ1n) is 10.7. The Morgan fingerprint density at radius 2 is 1.97 bits per heavy atom. The minimum Gasteiger partial charge on any atom is -0.465 e. The lowest BCUT2D eigenvalue weighted by Gasteiger charge is -2.27. The third-order valence-electron chi connectivity index (χ3n) is 5.82. The highest BCUT2D eigenvalue weighted by molar-refractivity contribution is 7.80. The van der Waals surface area contributed by atoms with Crippen LogP contribution in [0.2, 0.25) is 0 Å². The summed E-state index contributed by atoms with van der Waals surface area (Å²) in [6.45, 7) is 7.19. The lowest BCUT2D eigenvalue weighted by molar-refractivity contribution is -0.143. The molecule has 0 radical (unpaired) electrons. The van der Waals surface area contributed by atoms with Gasteiger partial charge < -0.3 is 19.5 Å². The van der Waals surface area contributed by atoms with E-state index in [9.17, 15) is 4.79 Å². The summed E-state index contributed by atoms with van der Waals surface area (Å²) in [4.78, 5) is 23.0. The standard InChI is InChI=1S/C24H27N5O2S/c1-4-31-21(30)15-29-23(22(27-24(29)32)20-7-5-6-10-26-20)19-13-16(2)28(17(19)3)14-18-8-11-25-12-9-18/h5-13,22-23H,4,14-15H2,1-3H3,(H,27,32)/t22-,23+/m0/s1. The molecular weight excluding hydrogens is 422 g/mol. The van der Waals surface area contributed by atoms with Gasteiger partial charge >= 0.3 is 5.97 Å². The van der Waals surface area contributed by atoms with Gasteiger partial charge in [0.25, 0.3) is 0 Å². The van der Waals surface area contributed by atoms with Gasteiger partial charge in [0, 0.05) is 36.5 Å². The molecule has 0 bridgehead atoms. The average Bonchev–Trinajstić information content (AvgIpc) is 3.26. The third-order valence-corrected chi connectivity index (χ3v) is 6.18. The fourth-order valence-electron chi connectivity index (χ4n) is 4.30. The molecule has 32 heavy (non-hydrogen) atoms. The molecule has 3 aromatic heterocycles. The molecule has 1 fully saturated rings. The maximum absolute atomic E-state index is 12.4. The van der Waals surface area contributed by atoms with Crippen molar-refractivity contribution in [2.45, 2.75) is 39.4 Å². The summed E-state index contributed by atoms with van der Waals surface area (Å²) in [5, 5.41) is 3.92. The number of hydrogen-bond acceptors (Lipinski definition) is 5. The van der Waals surface area contributed by atoms with E-state index in [4.69, 9.17) is 17.0 Å². The van der Waals surface area contributed by atoms with E-state index in [2.05, 4.69) is 39.8 Å². The van der Waals surface area contributed by atoms with Crippen molar-refractivity contribution < 1.29 is 9.53 Å². The summed E-state index contributed by atoms with van der Waals surface area (Å²) in [7, 11) is 0. The van der Waals surface area contributed by atoms with Crippen molar-refractivity contribution in [3.8, 4) is 0 Å². The first-order valence-corrected chi connectivity index (χ1v) is 11.1. The molecule has 0 unspecified atom stereocenters. The van der Waals surface area contributed by atoms with Gasteiger partial charge in [0.2, 0.25) is 0 Å². The Labute approximate surface area is 193 Å². The van der Waals surface area contributed by atoms with E-state index in [1.165, 1.54) is 5.56 Å². The van der Waals surface area contributed by atoms with Crippen LogP contribution in [0.15, 0.2) is 55.0 Å². The van der Waals surface area contributed by atoms with Crippen LogP contribution in [-0.2, 0) is 16.1 Å². The van der Waals surface area contributed by atoms with E-state index < -0.39 is 0 Å². The van der Waals surface area contributed by atoms with Crippen LogP contribution in [0.4, 0.5) is 0 Å². The van der Waals surface area contributed by atoms with Crippen LogP contribution in [0.25, 0.3) is 0 Å². The highest BCUT2D eigenvalue weighted by Gasteiger charge is 2.42. The number of carbonyl (C=O) groups is 1. The third kappa shape index (κ3) is 4.36. The molecule has 1 N–H and O–H groups in total. The maximum Gasteiger partial charge on any atom is 0.325 e. The number of hydrogen-bond donors (Lipinski definition) is 1. The molecule has 3 aromatic rings. The molecule has 0 spiro atoms. The lowest BCUT2D eigenvalue weighted by atomic mass is 9.97. The monoisotopic (exact) mass is 449 g/mol. The zero-order valence-corrected chi connectivity index (χ0v) is 19.3. The number of nitrogens with one attached hydrogen (secondary N) is 1. The maximum atomic E-state index is 12.4. The molecule has 1 aliphatic rings. The van der Waals surface area contributed by atoms with Crippen LogP contribution < -0.4 is 5.32 Å². The quantitative estimate of drug-likeness (QED) is 0.437. The molecule has 8 heteroatoms. The number of rotatable bonds is 7. The van der Waals surface area contributed by atoms with Gasteiger partial charge in [-0.3, -0.25) is 14.8 Å². The van der Waals surface area contributed by atoms with Crippen molar-refractivity contribution in [2.75, 3.05) is 13.2 Å². The summed E-state index contributed by atoms with van der Waals surface area (Å²) in [6, 6.07) is 11.7. The highest BCUT2D eigenvalue weighted by Crippen LogP contribution is 2.40. The Hall–Kier alpha value is -3.26. The van der Waals surface area contributed by atoms with Gasteiger partial charge in [-0.05, 0) is 74.4 Å². The number of nitrogens with zero attached hydrogens (tertiary/aromatic N) is 4. The second-order valence-electron chi connectivity index (χ2n) is 7.83. The smallest absolute Gasteiger partial charge is 0.325 e. The highest BCUT2D eigenvalue weighted by atomic mass is 32.1. The van der Waals surface area contributed by atoms with Gasteiger partial charge in [-0.1, -0.05) is 6.07 Å². The van der Waals surface area contributed by atoms with Crippen molar-refractivity contribution in [1.29, 1.82) is 0 Å². The van der Waals surface area contributed by atoms with Gasteiger partial charge in [0.05, 0.1) is 24.4 Å². The molecule has 0 aromatic carbocycles. The van der Waals surface area contributed by atoms with E-state index in [1.54, 1.807) is 13.1 Å². The number of aryl methyl sites for hydroxylation is 1. The normalized spacial score (nSPS) is 18.0. The van der Waals surface area contributed by atoms with Crippen molar-refractivity contribution >= 4 is 23.3 Å². The molecular formula is C24H27N5O2S. The zero-order valence-electron chi connectivity index (χ0n) is 18.5. The molecule has 166 valence electrons. The lowest BCUT2D eigenvalue weighted by Crippen LogP contribution is -2.35. The SMILES string of the molecule is CCOC(=O)CN1C(=S)N[C@@H](c2ccccn2)[C@H]1c1cc(C)n(Cc2ccncc2)c1C. The zero-order chi connectivity index (χ0) is 22.7. The fraction of sp³-hybridized carbons (Fsp3) is 0.333. The van der Waals surface area contributed by atoms with Gasteiger partial charge in [0.15, 0.2) is 5.11 Å². The van der Waals surface area contributed by atoms with E-state index in [1.807, 2.05) is 47.6 Å². The minimum absolute atomic E-state index is 0.0850. The number of esters is 1. The van der Waals surface area contributed by atoms with Crippen LogP contribution >= 0.6 is 12.2 Å². The summed E-state index contributed by atoms with van der Waals surface area (Å²) < 4.78 is 7.50. The number of aromatic nitrogens is 3. The van der Waals surface area contributed by atoms with Crippen LogP contribution in [0.1, 0.15) is 47.2 Å². The number of carbonyl (C=O) groups excluding carboxylic acids is 1. The number of pyridine rings is 2. The number of ether oxygens (including phenoxy) is 1. The Morgan fingerprint density at radius 1 is 1.19 bits per heavy atom. The Bertz CT molecular complexity index is 1100. The summed E-state index contributed by atoms with van der Waals surface area (Å²) in [5.41, 5.74) is 5.45. The Balaban J connectivity index is 1.74. The molecule has 4 rings (SSSR count). The van der Waals surface area contributed by atoms with E-state index in [0.29, 0.717) is 11.7 Å². The van der Waals surface area contributed by atoms with Crippen molar-refractivity contribution in [2.24, 2.45) is 0 Å². The van der Waals surface area contributed by atoms with Crippen LogP contribution in [0.3, 0.4) is 0 Å². The minimum atomic E-state index is -0.297. The number of thiocarbonyl (C=S) groups is 1. The van der Waals surface area contributed by atoms with Crippen LogP contribution in [-0.4, -0.2) is 43.7 Å². The molecule has 0 saturated carbocycles. The largest absolute Gasteiger partial charge is 0.465 e. The fourth-order valence-corrected chi connectivity index (χ4v) is 4.61. The summed E-state index contributed by atoms with van der Waals surface area (Å²) in [6.07, 6.45) is 5.39. The second kappa shape index (κ2) is 9.48. The van der Waals surface area contributed by atoms with Gasteiger partial charge in [-0.2, -0.15) is 0 Å². The molecule has 0 amide bonds. The first kappa shape index (κ1) is 22.0. The average molecular weight is 450 g/mol. The van der Waals surface area contributed by atoms with Crippen LogP contribution in [0, 0.1) is 13.8 Å². The predicted molar refractivity (Wildman–Crippen MR) is 126 cm³/mol. The Morgan fingerprint density at radius 3 is 2.66 bits per heavy atom. The van der Waals surface area contributed by atoms with Gasteiger partial charge in [-0.25, -0.2) is 0 Å². The predicted octanol–water partition coefficient (Wildman–Crippen LogP) is 3.48. The molecule has 2 atom stereocenters. The van der Waals surface area contributed by atoms with Gasteiger partial charge in [0.1, 0.15) is 6.54 Å². The van der Waals surface area contributed by atoms with Crippen molar-refractivity contribution in [1.82, 2.24) is 24.8 Å². The summed E-state index contributed by atoms with van der Waals surface area (Å²) in [5.74, 6) is -0.297. The van der Waals surface area contributed by atoms with Crippen molar-refractivity contribution in [3.63, 3.8) is 0 Å². The van der Waals surface area contributed by atoms with Crippen LogP contribution in [0.5, 0.6) is 0 Å². The molecule has 1 saturated heterocycles. The van der Waals surface area contributed by atoms with Gasteiger partial charge in [-0.15, -0.1) is 0 Å². The molecule has 4 heterocycles. The van der Waals surface area contributed by atoms with E-state index in [-0.39, 0.29) is 24.6 Å². The topological polar surface area (TPSA) is 72.3 Å². The second-order valence-corrected chi connectivity index (χ2v) is 8.21.